The number of rotatable bonds is 7. The molecule has 0 aliphatic carbocycles. The molecule has 8 heteroatoms. The SMILES string of the molecule is C#CCNC(=O)C[C@@H]1O[C@H](CNC(=O)COC)[C@@H](O)[C@H]1O. The third-order valence-electron chi connectivity index (χ3n) is 3.01. The first-order valence-corrected chi connectivity index (χ1v) is 6.47. The summed E-state index contributed by atoms with van der Waals surface area (Å²) >= 11 is 0. The van der Waals surface area contributed by atoms with E-state index in [0.717, 1.165) is 0 Å². The number of methoxy groups -OCH3 is 1. The standard InChI is InChI=1S/C13H20N2O6/c1-3-4-14-10(16)5-8-12(18)13(19)9(21-8)6-15-11(17)7-20-2/h1,8-9,12-13,18-19H,4-7H2,2H3,(H,14,16)(H,15,17)/t8-,9+,12-,13+/m0/s1. The first-order valence-electron chi connectivity index (χ1n) is 6.47. The van der Waals surface area contributed by atoms with E-state index in [1.54, 1.807) is 0 Å². The van der Waals surface area contributed by atoms with Gasteiger partial charge in [0, 0.05) is 13.7 Å². The Morgan fingerprint density at radius 1 is 1.24 bits per heavy atom. The fourth-order valence-corrected chi connectivity index (χ4v) is 1.96. The van der Waals surface area contributed by atoms with Gasteiger partial charge in [-0.1, -0.05) is 5.92 Å². The first kappa shape index (κ1) is 17.4. The maximum Gasteiger partial charge on any atom is 0.246 e. The Hall–Kier alpha value is -1.66. The van der Waals surface area contributed by atoms with E-state index in [4.69, 9.17) is 11.2 Å². The molecule has 0 saturated carbocycles. The number of hydrogen-bond donors (Lipinski definition) is 4. The molecule has 118 valence electrons. The van der Waals surface area contributed by atoms with Gasteiger partial charge in [0.25, 0.3) is 0 Å². The summed E-state index contributed by atoms with van der Waals surface area (Å²) in [5, 5.41) is 24.6. The van der Waals surface area contributed by atoms with Gasteiger partial charge in [0.15, 0.2) is 0 Å². The highest BCUT2D eigenvalue weighted by atomic mass is 16.5. The number of nitrogens with one attached hydrogen (secondary N) is 2. The molecule has 8 nitrogen and oxygen atoms in total. The summed E-state index contributed by atoms with van der Waals surface area (Å²) in [6, 6.07) is 0. The van der Waals surface area contributed by atoms with E-state index in [1.165, 1.54) is 7.11 Å². The van der Waals surface area contributed by atoms with E-state index < -0.39 is 24.4 Å². The van der Waals surface area contributed by atoms with Crippen LogP contribution in [0, 0.1) is 12.3 Å². The largest absolute Gasteiger partial charge is 0.388 e. The Morgan fingerprint density at radius 2 is 1.90 bits per heavy atom. The minimum absolute atomic E-state index is 0.0168. The second-order valence-corrected chi connectivity index (χ2v) is 4.62. The zero-order chi connectivity index (χ0) is 15.8. The van der Waals surface area contributed by atoms with Crippen molar-refractivity contribution >= 4 is 11.8 Å². The Balaban J connectivity index is 2.43. The van der Waals surface area contributed by atoms with Crippen molar-refractivity contribution in [3.05, 3.63) is 0 Å². The molecule has 1 aliphatic heterocycles. The van der Waals surface area contributed by atoms with Crippen LogP contribution in [-0.2, 0) is 19.1 Å². The minimum Gasteiger partial charge on any atom is -0.388 e. The van der Waals surface area contributed by atoms with Crippen LogP contribution in [0.15, 0.2) is 0 Å². The van der Waals surface area contributed by atoms with Gasteiger partial charge in [-0.15, -0.1) is 6.42 Å². The molecule has 21 heavy (non-hydrogen) atoms. The summed E-state index contributed by atoms with van der Waals surface area (Å²) in [5.41, 5.74) is 0. The lowest BCUT2D eigenvalue weighted by molar-refractivity contribution is -0.127. The molecule has 0 bridgehead atoms. The highest BCUT2D eigenvalue weighted by Gasteiger charge is 2.43. The van der Waals surface area contributed by atoms with Gasteiger partial charge in [-0.05, 0) is 0 Å². The van der Waals surface area contributed by atoms with Gasteiger partial charge in [-0.25, -0.2) is 0 Å². The molecule has 4 atom stereocenters. The van der Waals surface area contributed by atoms with E-state index in [2.05, 4.69) is 21.3 Å². The molecule has 0 unspecified atom stereocenters. The molecule has 0 spiro atoms. The van der Waals surface area contributed by atoms with Gasteiger partial charge < -0.3 is 30.3 Å². The summed E-state index contributed by atoms with van der Waals surface area (Å²) in [6.45, 7) is -0.00705. The van der Waals surface area contributed by atoms with Crippen LogP contribution >= 0.6 is 0 Å². The molecule has 4 N–H and O–H groups in total. The Labute approximate surface area is 122 Å². The lowest BCUT2D eigenvalue weighted by Gasteiger charge is -2.15. The number of carbonyl (C=O) groups is 2. The molecule has 1 aliphatic rings. The molecular weight excluding hydrogens is 280 g/mol. The third-order valence-corrected chi connectivity index (χ3v) is 3.01. The smallest absolute Gasteiger partial charge is 0.246 e. The molecule has 2 amide bonds. The van der Waals surface area contributed by atoms with Crippen molar-refractivity contribution in [3.8, 4) is 12.3 Å². The molecular formula is C13H20N2O6. The van der Waals surface area contributed by atoms with Crippen LogP contribution in [0.2, 0.25) is 0 Å². The summed E-state index contributed by atoms with van der Waals surface area (Å²) in [5.74, 6) is 1.51. The zero-order valence-electron chi connectivity index (χ0n) is 11.7. The summed E-state index contributed by atoms with van der Waals surface area (Å²) in [7, 11) is 1.38. The van der Waals surface area contributed by atoms with Crippen molar-refractivity contribution in [1.29, 1.82) is 0 Å². The van der Waals surface area contributed by atoms with Crippen LogP contribution in [0.5, 0.6) is 0 Å². The second kappa shape index (κ2) is 8.59. The molecule has 1 saturated heterocycles. The highest BCUT2D eigenvalue weighted by Crippen LogP contribution is 2.23. The molecule has 0 radical (unpaired) electrons. The first-order chi connectivity index (χ1) is 9.99. The number of carbonyl (C=O) groups excluding carboxylic acids is 2. The summed E-state index contributed by atoms with van der Waals surface area (Å²) in [4.78, 5) is 22.7. The predicted molar refractivity (Wildman–Crippen MR) is 72.0 cm³/mol. The lowest BCUT2D eigenvalue weighted by atomic mass is 10.1. The van der Waals surface area contributed by atoms with Crippen LogP contribution in [-0.4, -0.2) is 73.2 Å². The number of aliphatic hydroxyl groups excluding tert-OH is 2. The monoisotopic (exact) mass is 300 g/mol. The maximum absolute atomic E-state index is 11.5. The normalized spacial score (nSPS) is 27.9. The van der Waals surface area contributed by atoms with Crippen molar-refractivity contribution < 1.29 is 29.3 Å². The van der Waals surface area contributed by atoms with Gasteiger partial charge in [-0.2, -0.15) is 0 Å². The molecule has 0 aromatic rings. The van der Waals surface area contributed by atoms with E-state index in [1.807, 2.05) is 0 Å². The topological polar surface area (TPSA) is 117 Å². The lowest BCUT2D eigenvalue weighted by Crippen LogP contribution is -2.41. The minimum atomic E-state index is -1.20. The van der Waals surface area contributed by atoms with E-state index in [-0.39, 0.29) is 37.9 Å². The third kappa shape index (κ3) is 5.32. The number of hydrogen-bond acceptors (Lipinski definition) is 6. The van der Waals surface area contributed by atoms with Crippen LogP contribution in [0.25, 0.3) is 0 Å². The Morgan fingerprint density at radius 3 is 2.52 bits per heavy atom. The predicted octanol–water partition coefficient (Wildman–Crippen LogP) is -2.62. The van der Waals surface area contributed by atoms with Gasteiger partial charge in [0.05, 0.1) is 19.1 Å². The number of ether oxygens (including phenoxy) is 2. The molecule has 1 fully saturated rings. The quantitative estimate of drug-likeness (QED) is 0.382. The molecule has 1 rings (SSSR count). The van der Waals surface area contributed by atoms with Gasteiger partial charge >= 0.3 is 0 Å². The fraction of sp³-hybridized carbons (Fsp3) is 0.692. The second-order valence-electron chi connectivity index (χ2n) is 4.62. The van der Waals surface area contributed by atoms with Crippen molar-refractivity contribution in [1.82, 2.24) is 10.6 Å². The van der Waals surface area contributed by atoms with Crippen molar-refractivity contribution in [3.63, 3.8) is 0 Å². The van der Waals surface area contributed by atoms with E-state index >= 15 is 0 Å². The number of terminal acetylenes is 1. The summed E-state index contributed by atoms with van der Waals surface area (Å²) in [6.07, 6.45) is 0.874. The van der Waals surface area contributed by atoms with Gasteiger partial charge in [-0.3, -0.25) is 9.59 Å². The van der Waals surface area contributed by atoms with Crippen LogP contribution in [0.3, 0.4) is 0 Å². The Bertz CT molecular complexity index is 408. The molecule has 0 aromatic heterocycles. The molecule has 1 heterocycles. The average Bonchev–Trinajstić information content (AvgIpc) is 2.71. The van der Waals surface area contributed by atoms with Crippen molar-refractivity contribution in [2.75, 3.05) is 26.8 Å². The van der Waals surface area contributed by atoms with E-state index in [0.29, 0.717) is 0 Å². The number of amides is 2. The highest BCUT2D eigenvalue weighted by molar-refractivity contribution is 5.77. The summed E-state index contributed by atoms with van der Waals surface area (Å²) < 4.78 is 10.0. The van der Waals surface area contributed by atoms with Gasteiger partial charge in [0.2, 0.25) is 11.8 Å². The van der Waals surface area contributed by atoms with Crippen molar-refractivity contribution in [2.24, 2.45) is 0 Å². The van der Waals surface area contributed by atoms with Crippen LogP contribution < -0.4 is 10.6 Å². The molecule has 0 aromatic carbocycles. The average molecular weight is 300 g/mol. The zero-order valence-corrected chi connectivity index (χ0v) is 11.7. The van der Waals surface area contributed by atoms with E-state index in [9.17, 15) is 19.8 Å². The van der Waals surface area contributed by atoms with Crippen molar-refractivity contribution in [2.45, 2.75) is 30.8 Å². The fourth-order valence-electron chi connectivity index (χ4n) is 1.96. The van der Waals surface area contributed by atoms with Crippen LogP contribution in [0.1, 0.15) is 6.42 Å². The van der Waals surface area contributed by atoms with Gasteiger partial charge in [0.1, 0.15) is 24.9 Å². The van der Waals surface area contributed by atoms with Crippen LogP contribution in [0.4, 0.5) is 0 Å². The Kier molecular flexibility index (Phi) is 7.11. The number of aliphatic hydroxyl groups is 2. The maximum atomic E-state index is 11.5.